The van der Waals surface area contributed by atoms with E-state index in [9.17, 15) is 0 Å². The SMILES string of the molecule is NCCc1sc(-c2ccccn2)nc1-c1ccccc1. The van der Waals surface area contributed by atoms with Crippen LogP contribution in [0.4, 0.5) is 0 Å². The zero-order valence-electron chi connectivity index (χ0n) is 11.0. The number of nitrogens with two attached hydrogens (primary N) is 1. The highest BCUT2D eigenvalue weighted by atomic mass is 32.1. The lowest BCUT2D eigenvalue weighted by molar-refractivity contribution is 0.986. The first-order chi connectivity index (χ1) is 9.88. The van der Waals surface area contributed by atoms with Gasteiger partial charge in [0.1, 0.15) is 5.01 Å². The van der Waals surface area contributed by atoms with Crippen LogP contribution in [0.2, 0.25) is 0 Å². The van der Waals surface area contributed by atoms with Gasteiger partial charge in [0.05, 0.1) is 11.4 Å². The largest absolute Gasteiger partial charge is 0.330 e. The molecule has 0 spiro atoms. The Morgan fingerprint density at radius 1 is 1.00 bits per heavy atom. The standard InChI is InChI=1S/C16H15N3S/c17-10-9-14-15(12-6-2-1-3-7-12)19-16(20-14)13-8-4-5-11-18-13/h1-8,11H,9-10,17H2. The van der Waals surface area contributed by atoms with Crippen molar-refractivity contribution in [3.05, 3.63) is 59.6 Å². The molecule has 0 saturated heterocycles. The minimum atomic E-state index is 0.629. The third-order valence-corrected chi connectivity index (χ3v) is 4.14. The van der Waals surface area contributed by atoms with E-state index in [0.717, 1.165) is 28.4 Å². The van der Waals surface area contributed by atoms with Crippen LogP contribution in [0.3, 0.4) is 0 Å². The lowest BCUT2D eigenvalue weighted by atomic mass is 10.1. The van der Waals surface area contributed by atoms with Gasteiger partial charge in [-0.25, -0.2) is 4.98 Å². The van der Waals surface area contributed by atoms with Gasteiger partial charge in [-0.2, -0.15) is 0 Å². The zero-order valence-corrected chi connectivity index (χ0v) is 11.8. The molecule has 4 heteroatoms. The Labute approximate surface area is 122 Å². The molecule has 100 valence electrons. The van der Waals surface area contributed by atoms with Crippen molar-refractivity contribution in [2.45, 2.75) is 6.42 Å². The normalized spacial score (nSPS) is 10.7. The maximum Gasteiger partial charge on any atom is 0.142 e. The number of aromatic nitrogens is 2. The second kappa shape index (κ2) is 5.94. The number of thiazole rings is 1. The smallest absolute Gasteiger partial charge is 0.142 e. The molecule has 0 aliphatic rings. The van der Waals surface area contributed by atoms with E-state index in [1.807, 2.05) is 36.4 Å². The van der Waals surface area contributed by atoms with Crippen molar-refractivity contribution in [3.8, 4) is 22.0 Å². The van der Waals surface area contributed by atoms with E-state index in [1.54, 1.807) is 17.5 Å². The molecular weight excluding hydrogens is 266 g/mol. The molecule has 2 heterocycles. The van der Waals surface area contributed by atoms with Gasteiger partial charge in [-0.3, -0.25) is 4.98 Å². The predicted octanol–water partition coefficient (Wildman–Crippen LogP) is 3.37. The van der Waals surface area contributed by atoms with Gasteiger partial charge < -0.3 is 5.73 Å². The van der Waals surface area contributed by atoms with Crippen LogP contribution < -0.4 is 5.73 Å². The minimum absolute atomic E-state index is 0.629. The number of benzene rings is 1. The predicted molar refractivity (Wildman–Crippen MR) is 83.5 cm³/mol. The fourth-order valence-corrected chi connectivity index (χ4v) is 3.15. The van der Waals surface area contributed by atoms with Gasteiger partial charge in [-0.15, -0.1) is 11.3 Å². The van der Waals surface area contributed by atoms with E-state index in [2.05, 4.69) is 17.1 Å². The monoisotopic (exact) mass is 281 g/mol. The average Bonchev–Trinajstić information content (AvgIpc) is 2.94. The summed E-state index contributed by atoms with van der Waals surface area (Å²) in [7, 11) is 0. The van der Waals surface area contributed by atoms with E-state index in [1.165, 1.54) is 4.88 Å². The molecule has 0 fully saturated rings. The summed E-state index contributed by atoms with van der Waals surface area (Å²) in [5.41, 5.74) is 8.80. The summed E-state index contributed by atoms with van der Waals surface area (Å²) < 4.78 is 0. The van der Waals surface area contributed by atoms with Gasteiger partial charge in [0, 0.05) is 16.6 Å². The van der Waals surface area contributed by atoms with E-state index < -0.39 is 0 Å². The van der Waals surface area contributed by atoms with Crippen LogP contribution >= 0.6 is 11.3 Å². The van der Waals surface area contributed by atoms with Gasteiger partial charge in [0.25, 0.3) is 0 Å². The molecule has 0 atom stereocenters. The molecule has 20 heavy (non-hydrogen) atoms. The molecule has 3 rings (SSSR count). The Kier molecular flexibility index (Phi) is 3.85. The number of pyridine rings is 1. The highest BCUT2D eigenvalue weighted by molar-refractivity contribution is 7.15. The molecular formula is C16H15N3S. The fraction of sp³-hybridized carbons (Fsp3) is 0.125. The molecule has 0 aliphatic heterocycles. The zero-order chi connectivity index (χ0) is 13.8. The summed E-state index contributed by atoms with van der Waals surface area (Å²) in [6, 6.07) is 16.1. The summed E-state index contributed by atoms with van der Waals surface area (Å²) in [6.07, 6.45) is 2.64. The maximum atomic E-state index is 5.72. The lowest BCUT2D eigenvalue weighted by Gasteiger charge is -2.00. The summed E-state index contributed by atoms with van der Waals surface area (Å²) in [5, 5.41) is 0.952. The second-order valence-electron chi connectivity index (χ2n) is 4.41. The van der Waals surface area contributed by atoms with Gasteiger partial charge in [0.15, 0.2) is 0 Å². The molecule has 1 aromatic carbocycles. The van der Waals surface area contributed by atoms with Crippen molar-refractivity contribution in [1.29, 1.82) is 0 Å². The van der Waals surface area contributed by atoms with Crippen molar-refractivity contribution in [2.24, 2.45) is 5.73 Å². The van der Waals surface area contributed by atoms with Gasteiger partial charge in [-0.05, 0) is 25.1 Å². The number of hydrogen-bond donors (Lipinski definition) is 1. The highest BCUT2D eigenvalue weighted by Gasteiger charge is 2.14. The molecule has 2 aromatic heterocycles. The van der Waals surface area contributed by atoms with E-state index in [0.29, 0.717) is 6.54 Å². The Balaban J connectivity index is 2.08. The van der Waals surface area contributed by atoms with Crippen LogP contribution in [0.1, 0.15) is 4.88 Å². The van der Waals surface area contributed by atoms with Crippen molar-refractivity contribution in [1.82, 2.24) is 9.97 Å². The van der Waals surface area contributed by atoms with Crippen molar-refractivity contribution >= 4 is 11.3 Å². The molecule has 0 aliphatic carbocycles. The van der Waals surface area contributed by atoms with Gasteiger partial charge >= 0.3 is 0 Å². The molecule has 0 unspecified atom stereocenters. The maximum absolute atomic E-state index is 5.72. The van der Waals surface area contributed by atoms with Crippen molar-refractivity contribution in [2.75, 3.05) is 6.54 Å². The van der Waals surface area contributed by atoms with Crippen LogP contribution in [0, 0.1) is 0 Å². The Hall–Kier alpha value is -2.04. The van der Waals surface area contributed by atoms with Gasteiger partial charge in [0.2, 0.25) is 0 Å². The van der Waals surface area contributed by atoms with E-state index in [-0.39, 0.29) is 0 Å². The number of rotatable bonds is 4. The molecule has 0 bridgehead atoms. The summed E-state index contributed by atoms with van der Waals surface area (Å²) >= 11 is 1.68. The average molecular weight is 281 g/mol. The van der Waals surface area contributed by atoms with E-state index >= 15 is 0 Å². The lowest BCUT2D eigenvalue weighted by Crippen LogP contribution is -2.02. The molecule has 0 saturated carbocycles. The van der Waals surface area contributed by atoms with Gasteiger partial charge in [-0.1, -0.05) is 36.4 Å². The molecule has 0 radical (unpaired) electrons. The third-order valence-electron chi connectivity index (χ3n) is 3.00. The first kappa shape index (κ1) is 13.0. The summed E-state index contributed by atoms with van der Waals surface area (Å²) in [4.78, 5) is 10.4. The van der Waals surface area contributed by atoms with Crippen LogP contribution in [0.25, 0.3) is 22.0 Å². The molecule has 0 amide bonds. The third kappa shape index (κ3) is 2.61. The molecule has 2 N–H and O–H groups in total. The Bertz CT molecular complexity index is 677. The van der Waals surface area contributed by atoms with E-state index in [4.69, 9.17) is 10.7 Å². The highest BCUT2D eigenvalue weighted by Crippen LogP contribution is 2.33. The molecule has 3 nitrogen and oxygen atoms in total. The van der Waals surface area contributed by atoms with Crippen molar-refractivity contribution < 1.29 is 0 Å². The summed E-state index contributed by atoms with van der Waals surface area (Å²) in [6.45, 7) is 0.629. The van der Waals surface area contributed by atoms with Crippen LogP contribution in [-0.4, -0.2) is 16.5 Å². The van der Waals surface area contributed by atoms with Crippen LogP contribution in [0.15, 0.2) is 54.7 Å². The molecule has 3 aromatic rings. The summed E-state index contributed by atoms with van der Waals surface area (Å²) in [5.74, 6) is 0. The number of nitrogens with zero attached hydrogens (tertiary/aromatic N) is 2. The Morgan fingerprint density at radius 2 is 1.80 bits per heavy atom. The first-order valence-corrected chi connectivity index (χ1v) is 7.36. The first-order valence-electron chi connectivity index (χ1n) is 6.55. The number of hydrogen-bond acceptors (Lipinski definition) is 4. The quantitative estimate of drug-likeness (QED) is 0.797. The fourth-order valence-electron chi connectivity index (χ4n) is 2.07. The Morgan fingerprint density at radius 3 is 2.50 bits per heavy atom. The second-order valence-corrected chi connectivity index (χ2v) is 5.49. The topological polar surface area (TPSA) is 51.8 Å². The van der Waals surface area contributed by atoms with Crippen LogP contribution in [0.5, 0.6) is 0 Å². The minimum Gasteiger partial charge on any atom is -0.330 e. The van der Waals surface area contributed by atoms with Crippen LogP contribution in [-0.2, 0) is 6.42 Å². The van der Waals surface area contributed by atoms with Crippen molar-refractivity contribution in [3.63, 3.8) is 0 Å².